The first kappa shape index (κ1) is 15.9. The Bertz CT molecular complexity index is 391. The van der Waals surface area contributed by atoms with Crippen molar-refractivity contribution in [2.45, 2.75) is 38.8 Å². The number of ether oxygens (including phenoxy) is 1. The van der Waals surface area contributed by atoms with Crippen LogP contribution < -0.4 is 10.1 Å². The number of methoxy groups -OCH3 is 1. The minimum Gasteiger partial charge on any atom is -0.495 e. The molecule has 4 heteroatoms. The molecule has 0 bridgehead atoms. The van der Waals surface area contributed by atoms with Gasteiger partial charge >= 0.3 is 0 Å². The molecule has 0 aliphatic carbocycles. The first-order chi connectivity index (χ1) is 8.93. The maximum absolute atomic E-state index is 5.28. The highest BCUT2D eigenvalue weighted by molar-refractivity contribution is 5.28. The molecule has 108 valence electrons. The van der Waals surface area contributed by atoms with E-state index in [2.05, 4.69) is 56.1 Å². The van der Waals surface area contributed by atoms with Crippen molar-refractivity contribution >= 4 is 0 Å². The Kier molecular flexibility index (Phi) is 5.76. The molecule has 1 N–H and O–H groups in total. The van der Waals surface area contributed by atoms with Crippen molar-refractivity contribution in [3.8, 4) is 5.75 Å². The molecule has 1 atom stereocenters. The van der Waals surface area contributed by atoms with E-state index in [0.717, 1.165) is 24.3 Å². The first-order valence-electron chi connectivity index (χ1n) is 6.83. The summed E-state index contributed by atoms with van der Waals surface area (Å²) in [5.74, 6) is 0.801. The van der Waals surface area contributed by atoms with Crippen molar-refractivity contribution in [2.24, 2.45) is 0 Å². The van der Waals surface area contributed by atoms with Crippen LogP contribution >= 0.6 is 0 Å². The van der Waals surface area contributed by atoms with E-state index in [4.69, 9.17) is 4.74 Å². The number of nitrogens with zero attached hydrogens (tertiary/aromatic N) is 2. The summed E-state index contributed by atoms with van der Waals surface area (Å²) in [7, 11) is 5.88. The molecule has 1 aromatic heterocycles. The van der Waals surface area contributed by atoms with Crippen LogP contribution in [0.3, 0.4) is 0 Å². The molecule has 0 saturated carbocycles. The Morgan fingerprint density at radius 2 is 2.05 bits per heavy atom. The van der Waals surface area contributed by atoms with E-state index < -0.39 is 0 Å². The average molecular weight is 265 g/mol. The largest absolute Gasteiger partial charge is 0.495 e. The molecule has 1 rings (SSSR count). The molecular formula is C15H27N3O. The van der Waals surface area contributed by atoms with Gasteiger partial charge in [-0.1, -0.05) is 6.92 Å². The normalized spacial score (nSPS) is 13.6. The second kappa shape index (κ2) is 6.87. The zero-order valence-corrected chi connectivity index (χ0v) is 13.0. The topological polar surface area (TPSA) is 37.4 Å². The molecule has 0 aliphatic heterocycles. The van der Waals surface area contributed by atoms with Crippen molar-refractivity contribution in [3.05, 3.63) is 24.0 Å². The number of aromatic nitrogens is 1. The van der Waals surface area contributed by atoms with Gasteiger partial charge < -0.3 is 15.0 Å². The van der Waals surface area contributed by atoms with E-state index >= 15 is 0 Å². The van der Waals surface area contributed by atoms with Gasteiger partial charge in [0.2, 0.25) is 0 Å². The second-order valence-electron chi connectivity index (χ2n) is 5.59. The van der Waals surface area contributed by atoms with E-state index in [-0.39, 0.29) is 11.6 Å². The Morgan fingerprint density at radius 1 is 1.37 bits per heavy atom. The standard InChI is InChI=1S/C15H27N3O/c1-7-8-17-14(15(2,3)18(4)5)12-9-13(19-6)11-16-10-12/h9-11,14,17H,7-8H2,1-6H3. The molecule has 0 aliphatic rings. The SMILES string of the molecule is CCCNC(c1cncc(OC)c1)C(C)(C)N(C)C. The highest BCUT2D eigenvalue weighted by Gasteiger charge is 2.32. The van der Waals surface area contributed by atoms with Gasteiger partial charge in [0.1, 0.15) is 5.75 Å². The van der Waals surface area contributed by atoms with Crippen LogP contribution in [0, 0.1) is 0 Å². The smallest absolute Gasteiger partial charge is 0.137 e. The summed E-state index contributed by atoms with van der Waals surface area (Å²) >= 11 is 0. The van der Waals surface area contributed by atoms with Crippen molar-refractivity contribution in [2.75, 3.05) is 27.7 Å². The molecule has 0 saturated heterocycles. The van der Waals surface area contributed by atoms with Gasteiger partial charge in [-0.2, -0.15) is 0 Å². The summed E-state index contributed by atoms with van der Waals surface area (Å²) in [6, 6.07) is 2.27. The third-order valence-electron chi connectivity index (χ3n) is 3.76. The van der Waals surface area contributed by atoms with Crippen molar-refractivity contribution in [3.63, 3.8) is 0 Å². The Hall–Kier alpha value is -1.13. The lowest BCUT2D eigenvalue weighted by Gasteiger charge is -2.41. The van der Waals surface area contributed by atoms with Crippen LogP contribution in [0.2, 0.25) is 0 Å². The zero-order valence-electron chi connectivity index (χ0n) is 13.0. The second-order valence-corrected chi connectivity index (χ2v) is 5.59. The molecule has 1 heterocycles. The number of rotatable bonds is 7. The van der Waals surface area contributed by atoms with Gasteiger partial charge in [0.15, 0.2) is 0 Å². The monoisotopic (exact) mass is 265 g/mol. The molecule has 0 radical (unpaired) electrons. The van der Waals surface area contributed by atoms with Crippen LogP contribution in [-0.4, -0.2) is 43.2 Å². The molecule has 4 nitrogen and oxygen atoms in total. The molecule has 0 spiro atoms. The maximum atomic E-state index is 5.28. The fraction of sp³-hybridized carbons (Fsp3) is 0.667. The van der Waals surface area contributed by atoms with Gasteiger partial charge in [-0.15, -0.1) is 0 Å². The fourth-order valence-electron chi connectivity index (χ4n) is 2.03. The number of nitrogens with one attached hydrogen (secondary N) is 1. The predicted octanol–water partition coefficient (Wildman–Crippen LogP) is 2.47. The third-order valence-corrected chi connectivity index (χ3v) is 3.76. The van der Waals surface area contributed by atoms with Crippen molar-refractivity contribution in [1.29, 1.82) is 0 Å². The van der Waals surface area contributed by atoms with Crippen LogP contribution in [0.4, 0.5) is 0 Å². The van der Waals surface area contributed by atoms with Crippen LogP contribution in [0.1, 0.15) is 38.8 Å². The third kappa shape index (κ3) is 3.91. The van der Waals surface area contributed by atoms with Crippen LogP contribution in [0.15, 0.2) is 18.5 Å². The van der Waals surface area contributed by atoms with E-state index in [9.17, 15) is 0 Å². The molecule has 19 heavy (non-hydrogen) atoms. The Morgan fingerprint density at radius 3 is 2.58 bits per heavy atom. The molecule has 1 aromatic rings. The van der Waals surface area contributed by atoms with Gasteiger partial charge in [0, 0.05) is 11.7 Å². The van der Waals surface area contributed by atoms with E-state index in [1.54, 1.807) is 13.3 Å². The summed E-state index contributed by atoms with van der Waals surface area (Å²) in [4.78, 5) is 6.51. The molecule has 0 amide bonds. The van der Waals surface area contributed by atoms with Gasteiger partial charge in [-0.05, 0) is 52.5 Å². The number of pyridine rings is 1. The zero-order chi connectivity index (χ0) is 14.5. The van der Waals surface area contributed by atoms with Crippen LogP contribution in [0.25, 0.3) is 0 Å². The van der Waals surface area contributed by atoms with Crippen molar-refractivity contribution < 1.29 is 4.74 Å². The minimum atomic E-state index is -0.0107. The Balaban J connectivity index is 3.08. The molecule has 0 fully saturated rings. The van der Waals surface area contributed by atoms with Gasteiger partial charge in [-0.25, -0.2) is 0 Å². The number of hydrogen-bond acceptors (Lipinski definition) is 4. The molecular weight excluding hydrogens is 238 g/mol. The van der Waals surface area contributed by atoms with E-state index in [1.165, 1.54) is 0 Å². The molecule has 0 aromatic carbocycles. The summed E-state index contributed by atoms with van der Waals surface area (Å²) in [6.07, 6.45) is 4.77. The first-order valence-corrected chi connectivity index (χ1v) is 6.83. The highest BCUT2D eigenvalue weighted by atomic mass is 16.5. The van der Waals surface area contributed by atoms with Gasteiger partial charge in [0.05, 0.1) is 19.3 Å². The predicted molar refractivity (Wildman–Crippen MR) is 79.6 cm³/mol. The number of likely N-dealkylation sites (N-methyl/N-ethyl adjacent to an activating group) is 1. The van der Waals surface area contributed by atoms with E-state index in [1.807, 2.05) is 6.20 Å². The maximum Gasteiger partial charge on any atom is 0.137 e. The average Bonchev–Trinajstić information content (AvgIpc) is 2.39. The summed E-state index contributed by atoms with van der Waals surface area (Å²) in [5.41, 5.74) is 1.15. The fourth-order valence-corrected chi connectivity index (χ4v) is 2.03. The van der Waals surface area contributed by atoms with E-state index in [0.29, 0.717) is 0 Å². The quantitative estimate of drug-likeness (QED) is 0.822. The van der Waals surface area contributed by atoms with Crippen molar-refractivity contribution in [1.82, 2.24) is 15.2 Å². The highest BCUT2D eigenvalue weighted by Crippen LogP contribution is 2.30. The Labute approximate surface area is 117 Å². The summed E-state index contributed by atoms with van der Waals surface area (Å²) < 4.78 is 5.28. The number of hydrogen-bond donors (Lipinski definition) is 1. The summed E-state index contributed by atoms with van der Waals surface area (Å²) in [5, 5.41) is 3.62. The minimum absolute atomic E-state index is 0.0107. The lowest BCUT2D eigenvalue weighted by molar-refractivity contribution is 0.137. The molecule has 1 unspecified atom stereocenters. The van der Waals surface area contributed by atoms with Crippen LogP contribution in [0.5, 0.6) is 5.75 Å². The van der Waals surface area contributed by atoms with Gasteiger partial charge in [-0.3, -0.25) is 4.98 Å². The summed E-state index contributed by atoms with van der Waals surface area (Å²) in [6.45, 7) is 7.63. The lowest BCUT2D eigenvalue weighted by Crippen LogP contribution is -2.49. The lowest BCUT2D eigenvalue weighted by atomic mass is 9.88. The van der Waals surface area contributed by atoms with Gasteiger partial charge in [0.25, 0.3) is 0 Å². The van der Waals surface area contributed by atoms with Crippen LogP contribution in [-0.2, 0) is 0 Å².